The zero-order valence-corrected chi connectivity index (χ0v) is 19.4. The summed E-state index contributed by atoms with van der Waals surface area (Å²) in [5.74, 6) is -0.669. The fourth-order valence-corrected chi connectivity index (χ4v) is 4.03. The quantitative estimate of drug-likeness (QED) is 0.341. The highest BCUT2D eigenvalue weighted by Crippen LogP contribution is 2.22. The minimum atomic E-state index is -0.596. The van der Waals surface area contributed by atoms with Crippen LogP contribution in [0, 0.1) is 5.82 Å². The minimum absolute atomic E-state index is 0.0437. The normalized spacial score (nSPS) is 11.6. The van der Waals surface area contributed by atoms with E-state index in [9.17, 15) is 14.0 Å². The van der Waals surface area contributed by atoms with Crippen LogP contribution in [0.2, 0.25) is 0 Å². The number of rotatable bonds is 10. The maximum atomic E-state index is 13.9. The Hall–Kier alpha value is -3.46. The summed E-state index contributed by atoms with van der Waals surface area (Å²) in [6, 6.07) is 12.9. The summed E-state index contributed by atoms with van der Waals surface area (Å²) < 4.78 is 15.7. The number of hydrogen-bond donors (Lipinski definition) is 2. The van der Waals surface area contributed by atoms with Crippen molar-refractivity contribution in [3.8, 4) is 0 Å². The molecular formula is C24H26FN5O2S. The molecule has 2 N–H and O–H groups in total. The summed E-state index contributed by atoms with van der Waals surface area (Å²) in [5, 5.41) is 14.6. The Labute approximate surface area is 196 Å². The molecule has 0 radical (unpaired) electrons. The number of aryl methyl sites for hydroxylation is 1. The van der Waals surface area contributed by atoms with Crippen LogP contribution in [0.15, 0.2) is 66.3 Å². The number of hydrogen-bond acceptors (Lipinski definition) is 5. The van der Waals surface area contributed by atoms with E-state index < -0.39 is 17.8 Å². The van der Waals surface area contributed by atoms with E-state index in [-0.39, 0.29) is 17.2 Å². The number of para-hydroxylation sites is 1. The number of halogens is 1. The number of amides is 2. The Morgan fingerprint density at radius 2 is 1.91 bits per heavy atom. The second kappa shape index (κ2) is 11.4. The monoisotopic (exact) mass is 467 g/mol. The van der Waals surface area contributed by atoms with Crippen molar-refractivity contribution in [2.75, 3.05) is 11.1 Å². The van der Waals surface area contributed by atoms with E-state index in [4.69, 9.17) is 0 Å². The van der Waals surface area contributed by atoms with E-state index in [0.29, 0.717) is 17.5 Å². The highest BCUT2D eigenvalue weighted by atomic mass is 32.2. The van der Waals surface area contributed by atoms with Gasteiger partial charge in [-0.15, -0.1) is 16.8 Å². The summed E-state index contributed by atoms with van der Waals surface area (Å²) in [4.78, 5) is 25.0. The zero-order chi connectivity index (χ0) is 23.8. The second-order valence-electron chi connectivity index (χ2n) is 7.26. The summed E-state index contributed by atoms with van der Waals surface area (Å²) in [6.07, 6.45) is 2.50. The summed E-state index contributed by atoms with van der Waals surface area (Å²) in [5.41, 5.74) is 1.81. The number of carbonyl (C=O) groups excluding carboxylic acids is 2. The maximum Gasteiger partial charge on any atom is 0.254 e. The van der Waals surface area contributed by atoms with Crippen LogP contribution >= 0.6 is 11.8 Å². The van der Waals surface area contributed by atoms with E-state index in [2.05, 4.69) is 27.4 Å². The average Bonchev–Trinajstić information content (AvgIpc) is 3.21. The largest absolute Gasteiger partial charge is 0.342 e. The highest BCUT2D eigenvalue weighted by molar-refractivity contribution is 7.99. The summed E-state index contributed by atoms with van der Waals surface area (Å²) in [7, 11) is 0. The minimum Gasteiger partial charge on any atom is -0.342 e. The zero-order valence-electron chi connectivity index (χ0n) is 18.5. The molecular weight excluding hydrogens is 441 g/mol. The van der Waals surface area contributed by atoms with Crippen molar-refractivity contribution >= 4 is 29.3 Å². The van der Waals surface area contributed by atoms with E-state index >= 15 is 0 Å². The number of carbonyl (C=O) groups is 2. The molecule has 0 aliphatic carbocycles. The molecule has 2 amide bonds. The van der Waals surface area contributed by atoms with Gasteiger partial charge in [0.2, 0.25) is 5.91 Å². The van der Waals surface area contributed by atoms with E-state index in [1.807, 2.05) is 31.2 Å². The Bertz CT molecular complexity index is 1150. The lowest BCUT2D eigenvalue weighted by molar-refractivity contribution is -0.113. The van der Waals surface area contributed by atoms with Crippen molar-refractivity contribution in [3.63, 3.8) is 0 Å². The Morgan fingerprint density at radius 1 is 1.18 bits per heavy atom. The third-order valence-corrected chi connectivity index (χ3v) is 5.88. The first-order valence-electron chi connectivity index (χ1n) is 10.5. The van der Waals surface area contributed by atoms with Crippen LogP contribution in [0.1, 0.15) is 41.6 Å². The van der Waals surface area contributed by atoms with Gasteiger partial charge in [0.1, 0.15) is 5.82 Å². The first kappa shape index (κ1) is 24.2. The number of nitrogens with zero attached hydrogens (tertiary/aromatic N) is 3. The van der Waals surface area contributed by atoms with Crippen molar-refractivity contribution in [2.24, 2.45) is 0 Å². The van der Waals surface area contributed by atoms with E-state index in [0.717, 1.165) is 17.7 Å². The number of anilines is 1. The lowest BCUT2D eigenvalue weighted by atomic mass is 10.1. The van der Waals surface area contributed by atoms with E-state index in [1.54, 1.807) is 23.6 Å². The van der Waals surface area contributed by atoms with Gasteiger partial charge in [0.15, 0.2) is 11.0 Å². The smallest absolute Gasteiger partial charge is 0.254 e. The molecule has 0 saturated carbocycles. The molecule has 2 aromatic carbocycles. The first-order chi connectivity index (χ1) is 15.9. The molecule has 3 rings (SSSR count). The molecule has 1 aromatic heterocycles. The Kier molecular flexibility index (Phi) is 8.37. The van der Waals surface area contributed by atoms with Crippen LogP contribution in [0.5, 0.6) is 0 Å². The van der Waals surface area contributed by atoms with Gasteiger partial charge < -0.3 is 15.2 Å². The average molecular weight is 468 g/mol. The number of allylic oxidation sites excluding steroid dienone is 1. The van der Waals surface area contributed by atoms with Gasteiger partial charge in [-0.2, -0.15) is 0 Å². The van der Waals surface area contributed by atoms with Gasteiger partial charge in [0.05, 0.1) is 17.4 Å². The van der Waals surface area contributed by atoms with Gasteiger partial charge in [-0.05, 0) is 37.1 Å². The van der Waals surface area contributed by atoms with E-state index in [1.165, 1.54) is 30.0 Å². The van der Waals surface area contributed by atoms with Crippen molar-refractivity contribution in [2.45, 2.75) is 38.0 Å². The van der Waals surface area contributed by atoms with Gasteiger partial charge in [0.25, 0.3) is 5.91 Å². The number of nitrogens with one attached hydrogen (secondary N) is 2. The number of aromatic nitrogens is 3. The molecule has 0 spiro atoms. The second-order valence-corrected chi connectivity index (χ2v) is 8.21. The van der Waals surface area contributed by atoms with Gasteiger partial charge in [0, 0.05) is 12.2 Å². The molecule has 1 heterocycles. The predicted octanol–water partition coefficient (Wildman–Crippen LogP) is 4.39. The molecule has 9 heteroatoms. The molecule has 0 saturated heterocycles. The standard InChI is InChI=1S/C24H26FN5O2S/c1-4-14-30-22(16(3)26-23(32)18-11-7-8-12-19(18)25)28-29-24(30)33-15-21(31)27-20-13-9-6-10-17(20)5-2/h4,6-13,16H,1,5,14-15H2,2-3H3,(H,26,32)(H,27,31)/t16-/m1/s1. The van der Waals surface area contributed by atoms with Crippen LogP contribution < -0.4 is 10.6 Å². The summed E-state index contributed by atoms with van der Waals surface area (Å²) in [6.45, 7) is 7.93. The molecule has 0 bridgehead atoms. The fraction of sp³-hybridized carbons (Fsp3) is 0.250. The van der Waals surface area contributed by atoms with Gasteiger partial charge in [-0.3, -0.25) is 9.59 Å². The molecule has 1 atom stereocenters. The first-order valence-corrected chi connectivity index (χ1v) is 11.5. The van der Waals surface area contributed by atoms with Crippen LogP contribution in [-0.4, -0.2) is 32.3 Å². The third-order valence-electron chi connectivity index (χ3n) is 4.92. The lowest BCUT2D eigenvalue weighted by Crippen LogP contribution is -2.29. The van der Waals surface area contributed by atoms with Crippen LogP contribution in [-0.2, 0) is 17.8 Å². The molecule has 0 aliphatic rings. The maximum absolute atomic E-state index is 13.9. The SMILES string of the molecule is C=CCn1c(SCC(=O)Nc2ccccc2CC)nnc1[C@@H](C)NC(=O)c1ccccc1F. The molecule has 0 unspecified atom stereocenters. The molecule has 7 nitrogen and oxygen atoms in total. The van der Waals surface area contributed by atoms with Crippen LogP contribution in [0.4, 0.5) is 10.1 Å². The van der Waals surface area contributed by atoms with Gasteiger partial charge in [-0.25, -0.2) is 4.39 Å². The van der Waals surface area contributed by atoms with Crippen LogP contribution in [0.25, 0.3) is 0 Å². The lowest BCUT2D eigenvalue weighted by Gasteiger charge is -2.15. The fourth-order valence-electron chi connectivity index (χ4n) is 3.28. The van der Waals surface area contributed by atoms with Crippen molar-refractivity contribution in [1.82, 2.24) is 20.1 Å². The summed E-state index contributed by atoms with van der Waals surface area (Å²) >= 11 is 1.24. The number of thioether (sulfide) groups is 1. The topological polar surface area (TPSA) is 88.9 Å². The van der Waals surface area contributed by atoms with Crippen LogP contribution in [0.3, 0.4) is 0 Å². The molecule has 3 aromatic rings. The number of benzene rings is 2. The van der Waals surface area contributed by atoms with Gasteiger partial charge >= 0.3 is 0 Å². The Morgan fingerprint density at radius 3 is 2.64 bits per heavy atom. The molecule has 0 aliphatic heterocycles. The van der Waals surface area contributed by atoms with Crippen molar-refractivity contribution in [3.05, 3.63) is 84.0 Å². The predicted molar refractivity (Wildman–Crippen MR) is 128 cm³/mol. The molecule has 172 valence electrons. The van der Waals surface area contributed by atoms with Gasteiger partial charge in [-0.1, -0.05) is 55.1 Å². The highest BCUT2D eigenvalue weighted by Gasteiger charge is 2.21. The molecule has 33 heavy (non-hydrogen) atoms. The van der Waals surface area contributed by atoms with Crippen molar-refractivity contribution in [1.29, 1.82) is 0 Å². The third kappa shape index (κ3) is 6.07. The van der Waals surface area contributed by atoms with Crippen molar-refractivity contribution < 1.29 is 14.0 Å². The Balaban J connectivity index is 1.68. The molecule has 0 fully saturated rings.